The van der Waals surface area contributed by atoms with Gasteiger partial charge in [-0.1, -0.05) is 41.9 Å². The van der Waals surface area contributed by atoms with Gasteiger partial charge in [-0.25, -0.2) is 4.79 Å². The number of hydrogen-bond acceptors (Lipinski definition) is 5. The fourth-order valence-corrected chi connectivity index (χ4v) is 2.95. The molecule has 1 fully saturated rings. The first-order valence-electron chi connectivity index (χ1n) is 8.64. The minimum Gasteiger partial charge on any atom is -0.490 e. The zero-order valence-electron chi connectivity index (χ0n) is 15.2. The molecule has 0 saturated carbocycles. The second kappa shape index (κ2) is 8.31. The normalized spacial score (nSPS) is 18.7. The molecule has 3 rings (SSSR count). The van der Waals surface area contributed by atoms with Crippen molar-refractivity contribution in [2.75, 3.05) is 19.8 Å². The average molecular weight is 403 g/mol. The van der Waals surface area contributed by atoms with Gasteiger partial charge in [0, 0.05) is 5.02 Å². The van der Waals surface area contributed by atoms with Crippen LogP contribution in [0.5, 0.6) is 5.75 Å². The van der Waals surface area contributed by atoms with Crippen LogP contribution in [0.2, 0.25) is 5.02 Å². The summed E-state index contributed by atoms with van der Waals surface area (Å²) in [5, 5.41) is 3.23. The molecule has 1 atom stereocenters. The minimum absolute atomic E-state index is 0.0128. The van der Waals surface area contributed by atoms with Gasteiger partial charge >= 0.3 is 12.0 Å². The molecule has 1 aliphatic rings. The molecule has 0 radical (unpaired) electrons. The van der Waals surface area contributed by atoms with Gasteiger partial charge in [0.1, 0.15) is 31.0 Å². The van der Waals surface area contributed by atoms with Gasteiger partial charge in [0.15, 0.2) is 0 Å². The molecule has 1 N–H and O–H groups in total. The molecule has 0 aliphatic carbocycles. The molecule has 28 heavy (non-hydrogen) atoms. The molecule has 0 unspecified atom stereocenters. The lowest BCUT2D eigenvalue weighted by Crippen LogP contribution is -2.41. The molecule has 7 nitrogen and oxygen atoms in total. The Balaban J connectivity index is 1.50. The van der Waals surface area contributed by atoms with E-state index in [1.54, 1.807) is 55.5 Å². The SMILES string of the molecule is C[C@]1(c2ccccc2)NC(=O)N(CC(=O)OCCOc2ccc(Cl)cc2)C1=O. The van der Waals surface area contributed by atoms with Crippen LogP contribution in [-0.4, -0.2) is 42.6 Å². The maximum absolute atomic E-state index is 12.7. The Kier molecular flexibility index (Phi) is 5.84. The summed E-state index contributed by atoms with van der Waals surface area (Å²) >= 11 is 5.79. The molecular weight excluding hydrogens is 384 g/mol. The van der Waals surface area contributed by atoms with Crippen LogP contribution < -0.4 is 10.1 Å². The fourth-order valence-electron chi connectivity index (χ4n) is 2.83. The number of nitrogens with one attached hydrogen (secondary N) is 1. The Bertz CT molecular complexity index is 872. The van der Waals surface area contributed by atoms with E-state index in [1.807, 2.05) is 6.07 Å². The first-order valence-corrected chi connectivity index (χ1v) is 9.01. The van der Waals surface area contributed by atoms with Crippen molar-refractivity contribution < 1.29 is 23.9 Å². The number of nitrogens with zero attached hydrogens (tertiary/aromatic N) is 1. The summed E-state index contributed by atoms with van der Waals surface area (Å²) in [7, 11) is 0. The largest absolute Gasteiger partial charge is 0.490 e. The summed E-state index contributed by atoms with van der Waals surface area (Å²) in [4.78, 5) is 37.8. The molecule has 2 aromatic carbocycles. The van der Waals surface area contributed by atoms with E-state index in [9.17, 15) is 14.4 Å². The molecule has 2 aromatic rings. The summed E-state index contributed by atoms with van der Waals surface area (Å²) in [5.74, 6) is -0.605. The maximum Gasteiger partial charge on any atom is 0.326 e. The lowest BCUT2D eigenvalue weighted by molar-refractivity contribution is -0.148. The molecule has 0 spiro atoms. The first kappa shape index (κ1) is 19.7. The van der Waals surface area contributed by atoms with Crippen LogP contribution in [-0.2, 0) is 19.9 Å². The fraction of sp³-hybridized carbons (Fsp3) is 0.250. The number of imide groups is 1. The number of benzene rings is 2. The maximum atomic E-state index is 12.7. The number of ether oxygens (including phenoxy) is 2. The molecule has 0 aromatic heterocycles. The first-order chi connectivity index (χ1) is 13.4. The van der Waals surface area contributed by atoms with E-state index in [-0.39, 0.29) is 13.2 Å². The van der Waals surface area contributed by atoms with Gasteiger partial charge in [0.05, 0.1) is 0 Å². The van der Waals surface area contributed by atoms with Crippen molar-refractivity contribution in [2.45, 2.75) is 12.5 Å². The average Bonchev–Trinajstić information content (AvgIpc) is 2.91. The molecule has 146 valence electrons. The molecule has 1 heterocycles. The lowest BCUT2D eigenvalue weighted by Gasteiger charge is -2.21. The number of carbonyl (C=O) groups is 3. The Hall–Kier alpha value is -3.06. The van der Waals surface area contributed by atoms with Crippen LogP contribution in [0.15, 0.2) is 54.6 Å². The third-order valence-electron chi connectivity index (χ3n) is 4.34. The number of amides is 3. The van der Waals surface area contributed by atoms with Crippen molar-refractivity contribution in [2.24, 2.45) is 0 Å². The van der Waals surface area contributed by atoms with E-state index >= 15 is 0 Å². The van der Waals surface area contributed by atoms with Crippen molar-refractivity contribution in [1.82, 2.24) is 10.2 Å². The number of halogens is 1. The highest BCUT2D eigenvalue weighted by Crippen LogP contribution is 2.28. The third-order valence-corrected chi connectivity index (χ3v) is 4.59. The van der Waals surface area contributed by atoms with Crippen LogP contribution in [0, 0.1) is 0 Å². The van der Waals surface area contributed by atoms with E-state index < -0.39 is 30.0 Å². The van der Waals surface area contributed by atoms with Crippen LogP contribution in [0.4, 0.5) is 4.79 Å². The predicted octanol–water partition coefficient (Wildman–Crippen LogP) is 2.73. The zero-order valence-corrected chi connectivity index (χ0v) is 15.9. The van der Waals surface area contributed by atoms with Crippen LogP contribution in [0.1, 0.15) is 12.5 Å². The van der Waals surface area contributed by atoms with Gasteiger partial charge in [-0.2, -0.15) is 0 Å². The van der Waals surface area contributed by atoms with E-state index in [0.717, 1.165) is 4.90 Å². The quantitative estimate of drug-likeness (QED) is 0.437. The van der Waals surface area contributed by atoms with Crippen molar-refractivity contribution in [1.29, 1.82) is 0 Å². The molecule has 3 amide bonds. The number of esters is 1. The number of hydrogen-bond donors (Lipinski definition) is 1. The zero-order chi connectivity index (χ0) is 20.1. The van der Waals surface area contributed by atoms with Crippen molar-refractivity contribution in [3.63, 3.8) is 0 Å². The molecule has 1 aliphatic heterocycles. The highest BCUT2D eigenvalue weighted by molar-refractivity contribution is 6.30. The highest BCUT2D eigenvalue weighted by atomic mass is 35.5. The van der Waals surface area contributed by atoms with Gasteiger partial charge in [-0.05, 0) is 36.8 Å². The number of urea groups is 1. The van der Waals surface area contributed by atoms with Gasteiger partial charge in [0.2, 0.25) is 0 Å². The van der Waals surface area contributed by atoms with Gasteiger partial charge in [0.25, 0.3) is 5.91 Å². The van der Waals surface area contributed by atoms with E-state index in [0.29, 0.717) is 16.3 Å². The summed E-state index contributed by atoms with van der Waals surface area (Å²) in [5.41, 5.74) is -0.573. The molecular formula is C20H19ClN2O5. The third kappa shape index (κ3) is 4.26. The predicted molar refractivity (Wildman–Crippen MR) is 102 cm³/mol. The Labute approximate surface area is 167 Å². The summed E-state index contributed by atoms with van der Waals surface area (Å²) in [6.45, 7) is 1.26. The monoisotopic (exact) mass is 402 g/mol. The standard InChI is InChI=1S/C20H19ClN2O5/c1-20(14-5-3-2-4-6-14)18(25)23(19(26)22-20)13-17(24)28-12-11-27-16-9-7-15(21)8-10-16/h2-10H,11-13H2,1H3,(H,22,26)/t20-/m1/s1. The van der Waals surface area contributed by atoms with Gasteiger partial charge < -0.3 is 14.8 Å². The Morgan fingerprint density at radius 2 is 1.75 bits per heavy atom. The Morgan fingerprint density at radius 1 is 1.07 bits per heavy atom. The van der Waals surface area contributed by atoms with Gasteiger partial charge in [-0.15, -0.1) is 0 Å². The summed E-state index contributed by atoms with van der Waals surface area (Å²) < 4.78 is 10.5. The van der Waals surface area contributed by atoms with Crippen LogP contribution in [0.25, 0.3) is 0 Å². The summed E-state index contributed by atoms with van der Waals surface area (Å²) in [6, 6.07) is 15.0. The Morgan fingerprint density at radius 3 is 2.43 bits per heavy atom. The minimum atomic E-state index is -1.21. The molecule has 8 heteroatoms. The number of rotatable bonds is 7. The van der Waals surface area contributed by atoms with E-state index in [4.69, 9.17) is 21.1 Å². The van der Waals surface area contributed by atoms with Crippen molar-refractivity contribution >= 4 is 29.5 Å². The molecule has 1 saturated heterocycles. The van der Waals surface area contributed by atoms with E-state index in [2.05, 4.69) is 5.32 Å². The van der Waals surface area contributed by atoms with Crippen LogP contribution >= 0.6 is 11.6 Å². The van der Waals surface area contributed by atoms with Crippen molar-refractivity contribution in [3.05, 3.63) is 65.2 Å². The lowest BCUT2D eigenvalue weighted by atomic mass is 9.92. The molecule has 0 bridgehead atoms. The second-order valence-electron chi connectivity index (χ2n) is 6.34. The smallest absolute Gasteiger partial charge is 0.326 e. The topological polar surface area (TPSA) is 84.9 Å². The van der Waals surface area contributed by atoms with Crippen LogP contribution in [0.3, 0.4) is 0 Å². The van der Waals surface area contributed by atoms with Crippen molar-refractivity contribution in [3.8, 4) is 5.75 Å². The summed E-state index contributed by atoms with van der Waals surface area (Å²) in [6.07, 6.45) is 0. The highest BCUT2D eigenvalue weighted by Gasteiger charge is 2.49. The second-order valence-corrected chi connectivity index (χ2v) is 6.77. The number of carbonyl (C=O) groups excluding carboxylic acids is 3. The van der Waals surface area contributed by atoms with E-state index in [1.165, 1.54) is 0 Å². The van der Waals surface area contributed by atoms with Gasteiger partial charge in [-0.3, -0.25) is 14.5 Å².